The third-order valence-corrected chi connectivity index (χ3v) is 5.88. The summed E-state index contributed by atoms with van der Waals surface area (Å²) in [4.78, 5) is 17.3. The number of nitrogens with zero attached hydrogens (tertiary/aromatic N) is 3. The summed E-state index contributed by atoms with van der Waals surface area (Å²) in [6, 6.07) is 8.25. The molecular weight excluding hydrogens is 351 g/mol. The molecule has 2 aromatic heterocycles. The molecule has 1 unspecified atom stereocenters. The molecule has 0 spiro atoms. The molecule has 1 aromatic carbocycles. The van der Waals surface area contributed by atoms with Crippen LogP contribution in [-0.2, 0) is 6.42 Å². The topological polar surface area (TPSA) is 59.3 Å². The Morgan fingerprint density at radius 1 is 1.31 bits per heavy atom. The van der Waals surface area contributed by atoms with Crippen LogP contribution in [0.1, 0.15) is 49.9 Å². The fourth-order valence-electron chi connectivity index (χ4n) is 3.66. The van der Waals surface area contributed by atoms with Gasteiger partial charge in [-0.2, -0.15) is 4.52 Å². The number of hydrogen-bond donors (Lipinski definition) is 1. The molecule has 5 nitrogen and oxygen atoms in total. The summed E-state index contributed by atoms with van der Waals surface area (Å²) >= 11 is 1.38. The number of aryl methyl sites for hydroxylation is 1. The first-order valence-corrected chi connectivity index (χ1v) is 9.87. The number of anilines is 1. The molecule has 7 heteroatoms. The van der Waals surface area contributed by atoms with Gasteiger partial charge in [-0.05, 0) is 42.9 Å². The summed E-state index contributed by atoms with van der Waals surface area (Å²) in [5.41, 5.74) is 1.67. The number of aromatic nitrogens is 3. The van der Waals surface area contributed by atoms with Crippen LogP contribution in [0, 0.1) is 11.7 Å². The molecule has 136 valence electrons. The summed E-state index contributed by atoms with van der Waals surface area (Å²) < 4.78 is 14.7. The number of benzene rings is 1. The Morgan fingerprint density at radius 2 is 2.04 bits per heavy atom. The lowest BCUT2D eigenvalue weighted by atomic mass is 9.92. The van der Waals surface area contributed by atoms with E-state index in [1.807, 2.05) is 19.1 Å². The van der Waals surface area contributed by atoms with Crippen LogP contribution in [0.3, 0.4) is 0 Å². The zero-order valence-corrected chi connectivity index (χ0v) is 15.4. The number of nitrogens with one attached hydrogen (secondary N) is 1. The summed E-state index contributed by atoms with van der Waals surface area (Å²) in [6.07, 6.45) is 5.42. The van der Waals surface area contributed by atoms with Crippen molar-refractivity contribution in [1.29, 1.82) is 0 Å². The minimum absolute atomic E-state index is 0.0556. The van der Waals surface area contributed by atoms with E-state index < -0.39 is 0 Å². The standard InChI is InChI=1S/C19H21FN4OS/c1-2-15-11-16(25)24-19(21-15)26-18(23-24)22-17(12-5-3-4-6-12)13-7-9-14(20)10-8-13/h7-12,17H,2-6H2,1H3,(H,22,23). The van der Waals surface area contributed by atoms with Gasteiger partial charge in [-0.25, -0.2) is 9.37 Å². The fourth-order valence-corrected chi connectivity index (χ4v) is 4.52. The van der Waals surface area contributed by atoms with Gasteiger partial charge >= 0.3 is 0 Å². The molecule has 0 amide bonds. The molecule has 3 aromatic rings. The van der Waals surface area contributed by atoms with E-state index in [9.17, 15) is 9.18 Å². The van der Waals surface area contributed by atoms with Crippen LogP contribution in [0.4, 0.5) is 9.52 Å². The second-order valence-corrected chi connectivity index (χ2v) is 7.71. The lowest BCUT2D eigenvalue weighted by Gasteiger charge is -2.24. The maximum Gasteiger partial charge on any atom is 0.275 e. The molecule has 1 saturated carbocycles. The van der Waals surface area contributed by atoms with Crippen molar-refractivity contribution in [3.8, 4) is 0 Å². The molecule has 4 rings (SSSR count). The van der Waals surface area contributed by atoms with Gasteiger partial charge < -0.3 is 5.32 Å². The van der Waals surface area contributed by atoms with Crippen LogP contribution >= 0.6 is 11.3 Å². The molecule has 0 bridgehead atoms. The summed E-state index contributed by atoms with van der Waals surface area (Å²) in [6.45, 7) is 1.98. The highest BCUT2D eigenvalue weighted by atomic mass is 32.1. The Balaban J connectivity index is 1.69. The van der Waals surface area contributed by atoms with Gasteiger partial charge in [0.05, 0.1) is 6.04 Å². The van der Waals surface area contributed by atoms with E-state index >= 15 is 0 Å². The van der Waals surface area contributed by atoms with E-state index in [0.717, 1.165) is 24.1 Å². The van der Waals surface area contributed by atoms with Crippen LogP contribution in [0.15, 0.2) is 35.1 Å². The Labute approximate surface area is 154 Å². The van der Waals surface area contributed by atoms with Gasteiger partial charge in [-0.1, -0.05) is 43.2 Å². The smallest absolute Gasteiger partial charge is 0.275 e. The predicted molar refractivity (Wildman–Crippen MR) is 101 cm³/mol. The van der Waals surface area contributed by atoms with E-state index in [-0.39, 0.29) is 17.4 Å². The third-order valence-electron chi connectivity index (χ3n) is 5.04. The Bertz CT molecular complexity index is 960. The number of halogens is 1. The van der Waals surface area contributed by atoms with Crippen molar-refractivity contribution in [2.45, 2.75) is 45.1 Å². The first kappa shape index (κ1) is 17.1. The third kappa shape index (κ3) is 3.35. The summed E-state index contributed by atoms with van der Waals surface area (Å²) in [5.74, 6) is 0.241. The highest BCUT2D eigenvalue weighted by molar-refractivity contribution is 7.20. The van der Waals surface area contributed by atoms with Crippen molar-refractivity contribution in [1.82, 2.24) is 14.6 Å². The Hall–Kier alpha value is -2.28. The van der Waals surface area contributed by atoms with E-state index in [1.165, 1.54) is 46.9 Å². The normalized spacial score (nSPS) is 16.2. The quantitative estimate of drug-likeness (QED) is 0.729. The van der Waals surface area contributed by atoms with Gasteiger partial charge in [0.1, 0.15) is 5.82 Å². The lowest BCUT2D eigenvalue weighted by Crippen LogP contribution is -2.20. The molecule has 0 radical (unpaired) electrons. The van der Waals surface area contributed by atoms with E-state index in [2.05, 4.69) is 15.4 Å². The number of fused-ring (bicyclic) bond motifs is 1. The maximum absolute atomic E-state index is 13.3. The molecule has 0 saturated heterocycles. The molecule has 1 aliphatic carbocycles. The first-order valence-electron chi connectivity index (χ1n) is 9.06. The van der Waals surface area contributed by atoms with E-state index in [0.29, 0.717) is 22.4 Å². The van der Waals surface area contributed by atoms with Crippen molar-refractivity contribution in [2.75, 3.05) is 5.32 Å². The van der Waals surface area contributed by atoms with Gasteiger partial charge in [-0.15, -0.1) is 5.10 Å². The highest BCUT2D eigenvalue weighted by Gasteiger charge is 2.27. The molecule has 26 heavy (non-hydrogen) atoms. The second-order valence-electron chi connectivity index (χ2n) is 6.76. The molecular formula is C19H21FN4OS. The van der Waals surface area contributed by atoms with Crippen LogP contribution in [-0.4, -0.2) is 14.6 Å². The average molecular weight is 372 g/mol. The molecule has 1 aliphatic rings. The zero-order valence-electron chi connectivity index (χ0n) is 14.6. The number of hydrogen-bond acceptors (Lipinski definition) is 5. The molecule has 1 N–H and O–H groups in total. The minimum atomic E-state index is -0.234. The maximum atomic E-state index is 13.3. The van der Waals surface area contributed by atoms with Gasteiger partial charge in [0.2, 0.25) is 10.1 Å². The van der Waals surface area contributed by atoms with Crippen LogP contribution in [0.2, 0.25) is 0 Å². The van der Waals surface area contributed by atoms with Gasteiger partial charge in [-0.3, -0.25) is 4.79 Å². The van der Waals surface area contributed by atoms with Crippen LogP contribution < -0.4 is 10.9 Å². The monoisotopic (exact) mass is 372 g/mol. The van der Waals surface area contributed by atoms with E-state index in [1.54, 1.807) is 0 Å². The van der Waals surface area contributed by atoms with Crippen molar-refractivity contribution in [3.05, 3.63) is 57.8 Å². The number of rotatable bonds is 5. The van der Waals surface area contributed by atoms with Crippen LogP contribution in [0.25, 0.3) is 4.96 Å². The molecule has 1 atom stereocenters. The van der Waals surface area contributed by atoms with Crippen molar-refractivity contribution in [3.63, 3.8) is 0 Å². The Kier molecular flexibility index (Phi) is 4.72. The summed E-state index contributed by atoms with van der Waals surface area (Å²) in [5, 5.41) is 8.58. The summed E-state index contributed by atoms with van der Waals surface area (Å²) in [7, 11) is 0. The first-order chi connectivity index (χ1) is 12.6. The highest BCUT2D eigenvalue weighted by Crippen LogP contribution is 2.38. The van der Waals surface area contributed by atoms with Crippen molar-refractivity contribution >= 4 is 21.4 Å². The largest absolute Gasteiger partial charge is 0.353 e. The fraction of sp³-hybridized carbons (Fsp3) is 0.421. The zero-order chi connectivity index (χ0) is 18.1. The molecule has 2 heterocycles. The predicted octanol–water partition coefficient (Wildman–Crippen LogP) is 4.20. The molecule has 0 aliphatic heterocycles. The van der Waals surface area contributed by atoms with Crippen molar-refractivity contribution < 1.29 is 4.39 Å². The van der Waals surface area contributed by atoms with Crippen LogP contribution in [0.5, 0.6) is 0 Å². The van der Waals surface area contributed by atoms with Gasteiger partial charge in [0, 0.05) is 11.8 Å². The average Bonchev–Trinajstić information content (AvgIpc) is 3.30. The van der Waals surface area contributed by atoms with E-state index in [4.69, 9.17) is 0 Å². The molecule has 1 fully saturated rings. The van der Waals surface area contributed by atoms with Gasteiger partial charge in [0.25, 0.3) is 5.56 Å². The minimum Gasteiger partial charge on any atom is -0.353 e. The SMILES string of the molecule is CCc1cc(=O)n2nc(NC(c3ccc(F)cc3)C3CCCC3)sc2n1. The Morgan fingerprint density at radius 3 is 2.73 bits per heavy atom. The van der Waals surface area contributed by atoms with Crippen molar-refractivity contribution in [2.24, 2.45) is 5.92 Å². The lowest BCUT2D eigenvalue weighted by molar-refractivity contribution is 0.469. The second kappa shape index (κ2) is 7.15. The van der Waals surface area contributed by atoms with Gasteiger partial charge in [0.15, 0.2) is 0 Å².